The smallest absolute Gasteiger partial charge is 0.417 e. The van der Waals surface area contributed by atoms with Crippen molar-refractivity contribution in [1.82, 2.24) is 10.3 Å². The highest BCUT2D eigenvalue weighted by Gasteiger charge is 2.32. The van der Waals surface area contributed by atoms with E-state index < -0.39 is 40.8 Å². The van der Waals surface area contributed by atoms with Gasteiger partial charge in [-0.25, -0.2) is 0 Å². The monoisotopic (exact) mass is 443 g/mol. The predicted molar refractivity (Wildman–Crippen MR) is 108 cm³/mol. The van der Waals surface area contributed by atoms with Crippen LogP contribution in [0.4, 0.5) is 18.9 Å². The Hall–Kier alpha value is -2.95. The summed E-state index contributed by atoms with van der Waals surface area (Å²) < 4.78 is 43.9. The van der Waals surface area contributed by atoms with E-state index in [-0.39, 0.29) is 13.0 Å². The third-order valence-corrected chi connectivity index (χ3v) is 4.51. The van der Waals surface area contributed by atoms with Crippen molar-refractivity contribution in [2.24, 2.45) is 0 Å². The first-order valence-corrected chi connectivity index (χ1v) is 10.2. The van der Waals surface area contributed by atoms with Crippen molar-refractivity contribution in [2.45, 2.75) is 18.6 Å². The summed E-state index contributed by atoms with van der Waals surface area (Å²) in [5.41, 5.74) is -2.56. The minimum Gasteiger partial charge on any atom is -0.484 e. The molecule has 0 aliphatic carbocycles. The van der Waals surface area contributed by atoms with Crippen molar-refractivity contribution < 1.29 is 27.5 Å². The molecule has 0 saturated heterocycles. The summed E-state index contributed by atoms with van der Waals surface area (Å²) in [4.78, 5) is 38.4. The molecule has 2 amide bonds. The number of rotatable bonds is 9. The summed E-state index contributed by atoms with van der Waals surface area (Å²) in [5, 5.41) is 4.65. The average Bonchev–Trinajstić information content (AvgIpc) is 2.71. The zero-order chi connectivity index (χ0) is 22.1. The van der Waals surface area contributed by atoms with Gasteiger partial charge in [0.2, 0.25) is 5.91 Å². The van der Waals surface area contributed by atoms with E-state index in [2.05, 4.69) is 10.6 Å². The Labute approximate surface area is 174 Å². The van der Waals surface area contributed by atoms with Gasteiger partial charge in [0.1, 0.15) is 17.5 Å². The van der Waals surface area contributed by atoms with Gasteiger partial charge in [0, 0.05) is 6.20 Å². The highest BCUT2D eigenvalue weighted by Crippen LogP contribution is 2.29. The van der Waals surface area contributed by atoms with Crippen molar-refractivity contribution in [3.63, 3.8) is 0 Å². The molecule has 0 bridgehead atoms. The lowest BCUT2D eigenvalue weighted by atomic mass is 10.2. The Kier molecular flexibility index (Phi) is 8.34. The Balaban J connectivity index is 2.06. The van der Waals surface area contributed by atoms with Crippen LogP contribution in [0.1, 0.15) is 12.0 Å². The molecule has 3 N–H and O–H groups in total. The first kappa shape index (κ1) is 23.3. The maximum atomic E-state index is 12.9. The number of carbonyl (C=O) groups excluding carboxylic acids is 2. The van der Waals surface area contributed by atoms with Gasteiger partial charge in [-0.05, 0) is 36.6 Å². The maximum absolute atomic E-state index is 12.9. The number of hydrogen-bond donors (Lipinski definition) is 3. The second kappa shape index (κ2) is 10.7. The molecule has 1 aromatic heterocycles. The van der Waals surface area contributed by atoms with Gasteiger partial charge in [0.05, 0.1) is 5.56 Å². The SMILES string of the molecule is CSCCC(NC(=O)COc1ccccc1)C(=O)Nc1cc(C(F)(F)F)c[nH]c1=O. The molecule has 1 heterocycles. The molecule has 162 valence electrons. The van der Waals surface area contributed by atoms with Crippen molar-refractivity contribution in [1.29, 1.82) is 0 Å². The summed E-state index contributed by atoms with van der Waals surface area (Å²) in [6, 6.07) is 8.05. The molecule has 0 fully saturated rings. The number of aromatic amines is 1. The third kappa shape index (κ3) is 7.14. The Morgan fingerprint density at radius 3 is 2.57 bits per heavy atom. The van der Waals surface area contributed by atoms with Crippen LogP contribution in [0.3, 0.4) is 0 Å². The number of amides is 2. The van der Waals surface area contributed by atoms with Crippen LogP contribution in [0.25, 0.3) is 0 Å². The molecular weight excluding hydrogens is 423 g/mol. The number of anilines is 1. The molecule has 11 heteroatoms. The minimum atomic E-state index is -4.69. The normalized spacial score (nSPS) is 12.1. The van der Waals surface area contributed by atoms with E-state index in [9.17, 15) is 27.6 Å². The van der Waals surface area contributed by atoms with E-state index in [1.807, 2.05) is 4.98 Å². The molecule has 7 nitrogen and oxygen atoms in total. The zero-order valence-electron chi connectivity index (χ0n) is 15.9. The van der Waals surface area contributed by atoms with E-state index >= 15 is 0 Å². The van der Waals surface area contributed by atoms with Gasteiger partial charge in [0.15, 0.2) is 6.61 Å². The zero-order valence-corrected chi connectivity index (χ0v) is 16.7. The predicted octanol–water partition coefficient (Wildman–Crippen LogP) is 2.65. The van der Waals surface area contributed by atoms with Gasteiger partial charge in [-0.3, -0.25) is 14.4 Å². The summed E-state index contributed by atoms with van der Waals surface area (Å²) >= 11 is 1.42. The van der Waals surface area contributed by atoms with Crippen LogP contribution in [-0.4, -0.2) is 41.5 Å². The number of H-pyrrole nitrogens is 1. The average molecular weight is 443 g/mol. The van der Waals surface area contributed by atoms with Crippen molar-refractivity contribution >= 4 is 29.3 Å². The van der Waals surface area contributed by atoms with E-state index in [1.54, 1.807) is 36.6 Å². The van der Waals surface area contributed by atoms with Crippen molar-refractivity contribution in [3.8, 4) is 5.75 Å². The number of pyridine rings is 1. The number of nitrogens with one attached hydrogen (secondary N) is 3. The molecule has 2 rings (SSSR count). The van der Waals surface area contributed by atoms with Gasteiger partial charge in [-0.1, -0.05) is 18.2 Å². The molecule has 1 aromatic carbocycles. The van der Waals surface area contributed by atoms with Gasteiger partial charge >= 0.3 is 6.18 Å². The lowest BCUT2D eigenvalue weighted by Crippen LogP contribution is -2.46. The standard InChI is InChI=1S/C19H20F3N3O4S/c1-30-8-7-14(24-16(26)11-29-13-5-3-2-4-6-13)18(28)25-15-9-12(19(20,21)22)10-23-17(15)27/h2-6,9-10,14H,7-8,11H2,1H3,(H,23,27)(H,24,26)(H,25,28). The molecule has 0 aliphatic rings. The third-order valence-electron chi connectivity index (χ3n) is 3.86. The molecule has 30 heavy (non-hydrogen) atoms. The fourth-order valence-corrected chi connectivity index (χ4v) is 2.84. The Bertz CT molecular complexity index is 919. The van der Waals surface area contributed by atoms with E-state index in [0.29, 0.717) is 23.8 Å². The van der Waals surface area contributed by atoms with Crippen LogP contribution < -0.4 is 20.9 Å². The number of para-hydroxylation sites is 1. The van der Waals surface area contributed by atoms with Crippen LogP contribution >= 0.6 is 11.8 Å². The molecule has 0 saturated carbocycles. The highest BCUT2D eigenvalue weighted by atomic mass is 32.2. The van der Waals surface area contributed by atoms with Gasteiger partial charge in [0.25, 0.3) is 11.5 Å². The summed E-state index contributed by atoms with van der Waals surface area (Å²) in [6.07, 6.45) is -2.16. The molecule has 1 atom stereocenters. The van der Waals surface area contributed by atoms with Crippen LogP contribution in [0.15, 0.2) is 47.4 Å². The lowest BCUT2D eigenvalue weighted by Gasteiger charge is -2.18. The van der Waals surface area contributed by atoms with Gasteiger partial charge < -0.3 is 20.4 Å². The summed E-state index contributed by atoms with van der Waals surface area (Å²) in [6.45, 7) is -0.350. The van der Waals surface area contributed by atoms with E-state index in [1.165, 1.54) is 11.8 Å². The molecule has 0 aliphatic heterocycles. The maximum Gasteiger partial charge on any atom is 0.417 e. The highest BCUT2D eigenvalue weighted by molar-refractivity contribution is 7.98. The number of benzene rings is 1. The Morgan fingerprint density at radius 1 is 1.23 bits per heavy atom. The second-order valence-corrected chi connectivity index (χ2v) is 7.11. The quantitative estimate of drug-likeness (QED) is 0.553. The van der Waals surface area contributed by atoms with Crippen LogP contribution in [0.2, 0.25) is 0 Å². The fourth-order valence-electron chi connectivity index (χ4n) is 2.37. The first-order valence-electron chi connectivity index (χ1n) is 8.77. The second-order valence-electron chi connectivity index (χ2n) is 6.12. The molecule has 0 radical (unpaired) electrons. The topological polar surface area (TPSA) is 100 Å². The number of hydrogen-bond acceptors (Lipinski definition) is 5. The number of aromatic nitrogens is 1. The molecular formula is C19H20F3N3O4S. The number of thioether (sulfide) groups is 1. The lowest BCUT2D eigenvalue weighted by molar-refractivity contribution is -0.137. The number of alkyl halides is 3. The molecule has 1 unspecified atom stereocenters. The van der Waals surface area contributed by atoms with Crippen LogP contribution in [-0.2, 0) is 15.8 Å². The van der Waals surface area contributed by atoms with Crippen LogP contribution in [0, 0.1) is 0 Å². The Morgan fingerprint density at radius 2 is 1.93 bits per heavy atom. The van der Waals surface area contributed by atoms with Crippen LogP contribution in [0.5, 0.6) is 5.75 Å². The molecule has 0 spiro atoms. The number of ether oxygens (including phenoxy) is 1. The summed E-state index contributed by atoms with van der Waals surface area (Å²) in [7, 11) is 0. The van der Waals surface area contributed by atoms with Gasteiger partial charge in [-0.15, -0.1) is 0 Å². The van der Waals surface area contributed by atoms with E-state index in [4.69, 9.17) is 4.74 Å². The van der Waals surface area contributed by atoms with E-state index in [0.717, 1.165) is 0 Å². The largest absolute Gasteiger partial charge is 0.484 e. The minimum absolute atomic E-state index is 0.209. The first-order chi connectivity index (χ1) is 14.2. The van der Waals surface area contributed by atoms with Gasteiger partial charge in [-0.2, -0.15) is 24.9 Å². The number of halogens is 3. The fraction of sp³-hybridized carbons (Fsp3) is 0.316. The van der Waals surface area contributed by atoms with Crippen molar-refractivity contribution in [2.75, 3.05) is 23.9 Å². The number of carbonyl (C=O) groups is 2. The molecule has 2 aromatic rings. The van der Waals surface area contributed by atoms with Crippen molar-refractivity contribution in [3.05, 3.63) is 58.5 Å². The summed E-state index contributed by atoms with van der Waals surface area (Å²) in [5.74, 6) is -0.426.